The SMILES string of the molecule is COc1ccc(C[C@H]2[C@H](O)[C@@H]3C[C@]4(CCC3=O)CCC(=O)N24)cc1. The third-order valence-corrected chi connectivity index (χ3v) is 6.18. The predicted molar refractivity (Wildman–Crippen MR) is 87.7 cm³/mol. The molecular formula is C19H23NO4. The van der Waals surface area contributed by atoms with Crippen LogP contribution < -0.4 is 4.74 Å². The van der Waals surface area contributed by atoms with Crippen LogP contribution in [0.1, 0.15) is 37.7 Å². The van der Waals surface area contributed by atoms with E-state index >= 15 is 0 Å². The van der Waals surface area contributed by atoms with Crippen molar-refractivity contribution in [3.05, 3.63) is 29.8 Å². The van der Waals surface area contributed by atoms with Crippen molar-refractivity contribution < 1.29 is 19.4 Å². The molecule has 3 aliphatic rings. The van der Waals surface area contributed by atoms with E-state index in [0.29, 0.717) is 25.7 Å². The van der Waals surface area contributed by atoms with Gasteiger partial charge in [0, 0.05) is 24.3 Å². The maximum atomic E-state index is 12.5. The van der Waals surface area contributed by atoms with Gasteiger partial charge in [-0.1, -0.05) is 12.1 Å². The summed E-state index contributed by atoms with van der Waals surface area (Å²) >= 11 is 0. The van der Waals surface area contributed by atoms with Crippen molar-refractivity contribution in [1.29, 1.82) is 0 Å². The number of fused-ring (bicyclic) bond motifs is 1. The van der Waals surface area contributed by atoms with Crippen molar-refractivity contribution in [2.45, 2.75) is 56.2 Å². The highest BCUT2D eigenvalue weighted by atomic mass is 16.5. The summed E-state index contributed by atoms with van der Waals surface area (Å²) in [7, 11) is 1.62. The highest BCUT2D eigenvalue weighted by Gasteiger charge is 2.59. The second-order valence-corrected chi connectivity index (χ2v) is 7.38. The van der Waals surface area contributed by atoms with Crippen LogP contribution >= 0.6 is 0 Å². The minimum absolute atomic E-state index is 0.125. The number of Topliss-reactive ketones (excluding diaryl/α,β-unsaturated/α-hetero) is 1. The van der Waals surface area contributed by atoms with E-state index in [1.165, 1.54) is 0 Å². The summed E-state index contributed by atoms with van der Waals surface area (Å²) in [4.78, 5) is 26.8. The molecule has 24 heavy (non-hydrogen) atoms. The van der Waals surface area contributed by atoms with Crippen LogP contribution in [0, 0.1) is 5.92 Å². The number of aliphatic hydroxyl groups excluding tert-OH is 1. The molecule has 2 bridgehead atoms. The lowest BCUT2D eigenvalue weighted by Gasteiger charge is -2.54. The second kappa shape index (κ2) is 5.59. The van der Waals surface area contributed by atoms with Gasteiger partial charge in [-0.05, 0) is 43.4 Å². The minimum Gasteiger partial charge on any atom is -0.497 e. The molecule has 0 unspecified atom stereocenters. The topological polar surface area (TPSA) is 66.8 Å². The van der Waals surface area contributed by atoms with Crippen LogP contribution in [-0.2, 0) is 16.0 Å². The Labute approximate surface area is 141 Å². The molecule has 5 nitrogen and oxygen atoms in total. The first-order valence-electron chi connectivity index (χ1n) is 8.70. The number of methoxy groups -OCH3 is 1. The van der Waals surface area contributed by atoms with E-state index < -0.39 is 6.10 Å². The molecule has 4 atom stereocenters. The molecule has 5 heteroatoms. The average molecular weight is 329 g/mol. The first-order valence-corrected chi connectivity index (χ1v) is 8.70. The molecule has 128 valence electrons. The number of nitrogens with zero attached hydrogens (tertiary/aromatic N) is 1. The lowest BCUT2D eigenvalue weighted by atomic mass is 9.66. The summed E-state index contributed by atoms with van der Waals surface area (Å²) in [6.07, 6.45) is 3.03. The molecule has 1 N–H and O–H groups in total. The summed E-state index contributed by atoms with van der Waals surface area (Å²) in [6, 6.07) is 7.39. The number of carbonyl (C=O) groups excluding carboxylic acids is 2. The first kappa shape index (κ1) is 15.6. The summed E-state index contributed by atoms with van der Waals surface area (Å²) in [6.45, 7) is 0. The highest BCUT2D eigenvalue weighted by Crippen LogP contribution is 2.50. The van der Waals surface area contributed by atoms with Gasteiger partial charge in [-0.25, -0.2) is 0 Å². The number of carbonyl (C=O) groups is 2. The van der Waals surface area contributed by atoms with Crippen molar-refractivity contribution in [3.63, 3.8) is 0 Å². The third kappa shape index (κ3) is 2.25. The third-order valence-electron chi connectivity index (χ3n) is 6.18. The number of amides is 1. The number of benzene rings is 1. The largest absolute Gasteiger partial charge is 0.497 e. The van der Waals surface area contributed by atoms with Crippen molar-refractivity contribution in [2.24, 2.45) is 5.92 Å². The van der Waals surface area contributed by atoms with Crippen LogP contribution in [0.4, 0.5) is 0 Å². The Morgan fingerprint density at radius 3 is 2.62 bits per heavy atom. The number of hydrogen-bond donors (Lipinski definition) is 1. The van der Waals surface area contributed by atoms with Crippen molar-refractivity contribution in [1.82, 2.24) is 4.90 Å². The number of aliphatic hydroxyl groups is 1. The monoisotopic (exact) mass is 329 g/mol. The Kier molecular flexibility index (Phi) is 3.64. The molecule has 3 fully saturated rings. The van der Waals surface area contributed by atoms with Gasteiger partial charge in [-0.2, -0.15) is 0 Å². The number of ketones is 1. The van der Waals surface area contributed by atoms with Crippen LogP contribution in [-0.4, -0.2) is 46.5 Å². The molecule has 1 saturated carbocycles. The minimum atomic E-state index is -0.768. The van der Waals surface area contributed by atoms with Gasteiger partial charge < -0.3 is 14.7 Å². The Hall–Kier alpha value is -1.88. The summed E-state index contributed by atoms with van der Waals surface area (Å²) in [5.41, 5.74) is 0.841. The van der Waals surface area contributed by atoms with Crippen LogP contribution in [0.3, 0.4) is 0 Å². The van der Waals surface area contributed by atoms with Crippen LogP contribution in [0.15, 0.2) is 24.3 Å². The predicted octanol–water partition coefficient (Wildman–Crippen LogP) is 1.71. The first-order chi connectivity index (χ1) is 11.5. The van der Waals surface area contributed by atoms with E-state index in [1.54, 1.807) is 7.11 Å². The van der Waals surface area contributed by atoms with Gasteiger partial charge in [0.15, 0.2) is 0 Å². The van der Waals surface area contributed by atoms with E-state index in [0.717, 1.165) is 24.2 Å². The van der Waals surface area contributed by atoms with Gasteiger partial charge in [0.05, 0.1) is 19.3 Å². The van der Waals surface area contributed by atoms with E-state index in [4.69, 9.17) is 4.74 Å². The number of hydrogen-bond acceptors (Lipinski definition) is 4. The molecule has 2 saturated heterocycles. The molecule has 0 aromatic heterocycles. The zero-order chi connectivity index (χ0) is 16.9. The fourth-order valence-electron chi connectivity index (χ4n) is 4.94. The fraction of sp³-hybridized carbons (Fsp3) is 0.579. The molecule has 1 aromatic carbocycles. The van der Waals surface area contributed by atoms with Gasteiger partial charge >= 0.3 is 0 Å². The standard InChI is InChI=1S/C19H23NO4/c1-24-13-4-2-12(3-5-13)10-15-18(23)14-11-19(8-6-16(14)21)9-7-17(22)20(15)19/h2-5,14-15,18,23H,6-11H2,1H3/t14-,15+,18-,19+/m1/s1. The Morgan fingerprint density at radius 1 is 1.21 bits per heavy atom. The Bertz CT molecular complexity index is 670. The second-order valence-electron chi connectivity index (χ2n) is 7.38. The zero-order valence-electron chi connectivity index (χ0n) is 13.9. The van der Waals surface area contributed by atoms with E-state index in [2.05, 4.69) is 0 Å². The molecule has 0 radical (unpaired) electrons. The van der Waals surface area contributed by atoms with Gasteiger partial charge in [-0.3, -0.25) is 9.59 Å². The number of piperidine rings is 1. The zero-order valence-corrected chi connectivity index (χ0v) is 13.9. The Balaban J connectivity index is 1.66. The molecular weight excluding hydrogens is 306 g/mol. The average Bonchev–Trinajstić information content (AvgIpc) is 2.92. The fourth-order valence-corrected chi connectivity index (χ4v) is 4.94. The van der Waals surface area contributed by atoms with Crippen molar-refractivity contribution in [3.8, 4) is 5.75 Å². The van der Waals surface area contributed by atoms with Crippen LogP contribution in [0.25, 0.3) is 0 Å². The van der Waals surface area contributed by atoms with Gasteiger partial charge in [0.25, 0.3) is 0 Å². The van der Waals surface area contributed by atoms with Crippen LogP contribution in [0.2, 0.25) is 0 Å². The van der Waals surface area contributed by atoms with Gasteiger partial charge in [0.1, 0.15) is 11.5 Å². The molecule has 2 heterocycles. The summed E-state index contributed by atoms with van der Waals surface area (Å²) in [5, 5.41) is 10.8. The van der Waals surface area contributed by atoms with E-state index in [1.807, 2.05) is 29.2 Å². The molecule has 1 aliphatic carbocycles. The molecule has 1 aromatic rings. The lowest BCUT2D eigenvalue weighted by Crippen LogP contribution is -2.66. The smallest absolute Gasteiger partial charge is 0.223 e. The summed E-state index contributed by atoms with van der Waals surface area (Å²) < 4.78 is 5.18. The maximum absolute atomic E-state index is 12.5. The Morgan fingerprint density at radius 2 is 1.92 bits per heavy atom. The highest BCUT2D eigenvalue weighted by molar-refractivity contribution is 5.86. The molecule has 1 amide bonds. The maximum Gasteiger partial charge on any atom is 0.223 e. The van der Waals surface area contributed by atoms with Crippen molar-refractivity contribution >= 4 is 11.7 Å². The number of ether oxygens (including phenoxy) is 1. The summed E-state index contributed by atoms with van der Waals surface area (Å²) in [5.74, 6) is 0.750. The number of rotatable bonds is 3. The van der Waals surface area contributed by atoms with Crippen LogP contribution in [0.5, 0.6) is 5.75 Å². The molecule has 1 spiro atoms. The quantitative estimate of drug-likeness (QED) is 0.917. The molecule has 2 aliphatic heterocycles. The van der Waals surface area contributed by atoms with Gasteiger partial charge in [-0.15, -0.1) is 0 Å². The lowest BCUT2D eigenvalue weighted by molar-refractivity contribution is -0.162. The van der Waals surface area contributed by atoms with E-state index in [9.17, 15) is 14.7 Å². The normalized spacial score (nSPS) is 35.1. The van der Waals surface area contributed by atoms with E-state index in [-0.39, 0.29) is 29.2 Å². The van der Waals surface area contributed by atoms with Gasteiger partial charge in [0.2, 0.25) is 5.91 Å². The molecule has 4 rings (SSSR count). The van der Waals surface area contributed by atoms with Crippen molar-refractivity contribution in [2.75, 3.05) is 7.11 Å².